The van der Waals surface area contributed by atoms with E-state index >= 15 is 0 Å². The predicted octanol–water partition coefficient (Wildman–Crippen LogP) is 1.97. The molecular weight excluding hydrogens is 189 g/mol. The van der Waals surface area contributed by atoms with Gasteiger partial charge >= 0.3 is 66.5 Å². The minimum atomic E-state index is -2.31. The molecule has 0 unspecified atom stereocenters. The topological polar surface area (TPSA) is 18.5 Å². The van der Waals surface area contributed by atoms with Gasteiger partial charge in [-0.15, -0.1) is 0 Å². The molecular formula is C7H17GeO2. The average molecular weight is 206 g/mol. The molecule has 0 fully saturated rings. The fraction of sp³-hybridized carbons (Fsp3) is 0.857. The van der Waals surface area contributed by atoms with Crippen LogP contribution < -0.4 is 0 Å². The normalized spacial score (nSPS) is 12.0. The number of hydrogen-bond acceptors (Lipinski definition) is 2. The molecule has 3 heteroatoms. The first-order chi connectivity index (χ1) is 4.68. The van der Waals surface area contributed by atoms with E-state index in [2.05, 4.69) is 12.7 Å². The first kappa shape index (κ1) is 10.5. The Labute approximate surface area is 66.9 Å². The molecule has 0 aliphatic carbocycles. The van der Waals surface area contributed by atoms with E-state index in [1.807, 2.05) is 13.8 Å². The summed E-state index contributed by atoms with van der Waals surface area (Å²) >= 11 is -2.31. The fourth-order valence-corrected chi connectivity index (χ4v) is 4.14. The molecule has 0 saturated heterocycles. The molecule has 0 aromatic carbocycles. The molecule has 0 aliphatic heterocycles. The third kappa shape index (κ3) is 3.59. The summed E-state index contributed by atoms with van der Waals surface area (Å²) in [6.07, 6.45) is 0. The summed E-state index contributed by atoms with van der Waals surface area (Å²) < 4.78 is 11.0. The van der Waals surface area contributed by atoms with Crippen molar-refractivity contribution in [2.24, 2.45) is 0 Å². The Morgan fingerprint density at radius 3 is 1.80 bits per heavy atom. The van der Waals surface area contributed by atoms with Gasteiger partial charge in [0.05, 0.1) is 0 Å². The van der Waals surface area contributed by atoms with Gasteiger partial charge in [0, 0.05) is 0 Å². The molecule has 0 heterocycles. The summed E-state index contributed by atoms with van der Waals surface area (Å²) in [6, 6.07) is 0. The van der Waals surface area contributed by atoms with Crippen LogP contribution in [0.2, 0.25) is 11.0 Å². The molecule has 0 bridgehead atoms. The van der Waals surface area contributed by atoms with Crippen molar-refractivity contribution in [2.45, 2.75) is 24.9 Å². The molecule has 61 valence electrons. The molecule has 0 aliphatic rings. The molecule has 0 rings (SSSR count). The van der Waals surface area contributed by atoms with Crippen molar-refractivity contribution in [1.29, 1.82) is 0 Å². The van der Waals surface area contributed by atoms with Crippen LogP contribution in [0.1, 0.15) is 13.8 Å². The average Bonchev–Trinajstić information content (AvgIpc) is 1.89. The molecule has 2 nitrogen and oxygen atoms in total. The second kappa shape index (κ2) is 5.16. The molecule has 10 heavy (non-hydrogen) atoms. The van der Waals surface area contributed by atoms with Gasteiger partial charge < -0.3 is 0 Å². The molecule has 0 spiro atoms. The maximum atomic E-state index is 5.52. The van der Waals surface area contributed by atoms with Crippen molar-refractivity contribution >= 4 is 13.9 Å². The Hall–Kier alpha value is 0.463. The van der Waals surface area contributed by atoms with E-state index in [1.54, 1.807) is 0 Å². The summed E-state index contributed by atoms with van der Waals surface area (Å²) in [5.74, 6) is 2.10. The van der Waals surface area contributed by atoms with Gasteiger partial charge in [0.15, 0.2) is 0 Å². The second-order valence-corrected chi connectivity index (χ2v) is 9.27. The molecule has 1 radical (unpaired) electrons. The zero-order valence-corrected chi connectivity index (χ0v) is 9.24. The van der Waals surface area contributed by atoms with Gasteiger partial charge in [-0.25, -0.2) is 0 Å². The molecule has 0 amide bonds. The van der Waals surface area contributed by atoms with E-state index in [1.165, 1.54) is 0 Å². The zero-order valence-electron chi connectivity index (χ0n) is 7.14. The van der Waals surface area contributed by atoms with E-state index in [9.17, 15) is 0 Å². The SMILES string of the molecule is [CH2][CH2][Ge]([CH3])([O]CC)[O]CC. The summed E-state index contributed by atoms with van der Waals surface area (Å²) in [5, 5.41) is 0.835. The van der Waals surface area contributed by atoms with Crippen LogP contribution in [0.25, 0.3) is 0 Å². The monoisotopic (exact) mass is 207 g/mol. The van der Waals surface area contributed by atoms with Crippen LogP contribution in [0.5, 0.6) is 0 Å². The third-order valence-corrected chi connectivity index (χ3v) is 7.03. The van der Waals surface area contributed by atoms with Crippen molar-refractivity contribution in [3.8, 4) is 0 Å². The van der Waals surface area contributed by atoms with Crippen molar-refractivity contribution in [3.05, 3.63) is 6.92 Å². The first-order valence-corrected chi connectivity index (χ1v) is 9.05. The van der Waals surface area contributed by atoms with Crippen LogP contribution in [0.15, 0.2) is 0 Å². The molecule has 0 N–H and O–H groups in total. The van der Waals surface area contributed by atoms with Crippen LogP contribution in [0, 0.1) is 6.92 Å². The molecule has 0 saturated carbocycles. The van der Waals surface area contributed by atoms with E-state index < -0.39 is 13.9 Å². The Morgan fingerprint density at radius 2 is 1.60 bits per heavy atom. The first-order valence-electron chi connectivity index (χ1n) is 3.75. The Kier molecular flexibility index (Phi) is 5.40. The van der Waals surface area contributed by atoms with E-state index in [0.717, 1.165) is 18.5 Å². The van der Waals surface area contributed by atoms with Crippen LogP contribution in [0.4, 0.5) is 0 Å². The van der Waals surface area contributed by atoms with Crippen molar-refractivity contribution < 1.29 is 7.53 Å². The standard InChI is InChI=1S/C7H17GeO2/c1-5-8(4,9-6-2)10-7-3/h1,5-7H2,2-4H3. The third-order valence-electron chi connectivity index (χ3n) is 1.35. The van der Waals surface area contributed by atoms with E-state index in [0.29, 0.717) is 0 Å². The van der Waals surface area contributed by atoms with Crippen LogP contribution in [-0.4, -0.2) is 27.2 Å². The van der Waals surface area contributed by atoms with Gasteiger partial charge in [-0.1, -0.05) is 0 Å². The quantitative estimate of drug-likeness (QED) is 0.640. The molecule has 0 aromatic rings. The van der Waals surface area contributed by atoms with Crippen LogP contribution in [0.3, 0.4) is 0 Å². The fourth-order valence-electron chi connectivity index (χ4n) is 0.797. The summed E-state index contributed by atoms with van der Waals surface area (Å²) in [4.78, 5) is 0. The Bertz CT molecular complexity index is 79.7. The van der Waals surface area contributed by atoms with Crippen LogP contribution in [-0.2, 0) is 7.53 Å². The summed E-state index contributed by atoms with van der Waals surface area (Å²) in [6.45, 7) is 9.34. The number of hydrogen-bond donors (Lipinski definition) is 0. The summed E-state index contributed by atoms with van der Waals surface area (Å²) in [5.41, 5.74) is 0. The van der Waals surface area contributed by atoms with Gasteiger partial charge in [-0.3, -0.25) is 0 Å². The Morgan fingerprint density at radius 1 is 1.20 bits per heavy atom. The van der Waals surface area contributed by atoms with Gasteiger partial charge in [0.1, 0.15) is 0 Å². The molecule has 0 atom stereocenters. The number of rotatable bonds is 5. The minimum absolute atomic E-state index is 0.756. The van der Waals surface area contributed by atoms with Crippen molar-refractivity contribution in [2.75, 3.05) is 13.2 Å². The van der Waals surface area contributed by atoms with Gasteiger partial charge in [0.25, 0.3) is 0 Å². The maximum absolute atomic E-state index is 5.52. The second-order valence-electron chi connectivity index (χ2n) is 2.25. The van der Waals surface area contributed by atoms with Gasteiger partial charge in [0.2, 0.25) is 0 Å². The van der Waals surface area contributed by atoms with Crippen molar-refractivity contribution in [1.82, 2.24) is 0 Å². The van der Waals surface area contributed by atoms with E-state index in [4.69, 9.17) is 7.53 Å². The molecule has 0 aromatic heterocycles. The van der Waals surface area contributed by atoms with Gasteiger partial charge in [-0.2, -0.15) is 0 Å². The van der Waals surface area contributed by atoms with Gasteiger partial charge in [-0.05, 0) is 0 Å². The van der Waals surface area contributed by atoms with Crippen LogP contribution >= 0.6 is 0 Å². The van der Waals surface area contributed by atoms with Crippen molar-refractivity contribution in [3.63, 3.8) is 0 Å². The predicted molar refractivity (Wildman–Crippen MR) is 45.0 cm³/mol. The zero-order chi connectivity index (χ0) is 8.04. The summed E-state index contributed by atoms with van der Waals surface area (Å²) in [7, 11) is 0. The van der Waals surface area contributed by atoms with E-state index in [-0.39, 0.29) is 0 Å². The Balaban J connectivity index is 3.69.